The Morgan fingerprint density at radius 1 is 0.979 bits per heavy atom. The maximum absolute atomic E-state index is 14.0. The first-order valence-corrected chi connectivity index (χ1v) is 17.9. The van der Waals surface area contributed by atoms with Gasteiger partial charge in [0.2, 0.25) is 17.7 Å². The van der Waals surface area contributed by atoms with Crippen molar-refractivity contribution in [2.24, 2.45) is 17.8 Å². The third kappa shape index (κ3) is 14.0. The molecule has 0 aliphatic heterocycles. The van der Waals surface area contributed by atoms with Crippen LogP contribution in [-0.4, -0.2) is 95.8 Å². The van der Waals surface area contributed by atoms with E-state index in [2.05, 4.69) is 34.3 Å². The lowest BCUT2D eigenvalue weighted by atomic mass is 9.82. The standard InChI is InChI=1S/C39H60N4O5/c1-7-11-14-23-34(44)37(46)33(27-30-21-17-13-18-22-30)40-39(48)36(31(8-2)9-3)41-38(47)32(26-29-19-15-12-16-20-29)28-35(45)43(6)25-24-42(5)10-4/h1-2,12,15-16,19-20,30-34,36-37,44,46H,9-11,13-14,17-18,21-28H2,3-6H3,(H,40,48)(H,41,47). The highest BCUT2D eigenvalue weighted by Gasteiger charge is 2.36. The van der Waals surface area contributed by atoms with Gasteiger partial charge >= 0.3 is 0 Å². The Labute approximate surface area is 289 Å². The number of nitrogens with one attached hydrogen (secondary N) is 2. The van der Waals surface area contributed by atoms with Crippen LogP contribution in [0.25, 0.3) is 0 Å². The number of hydrogen-bond donors (Lipinski definition) is 4. The normalized spacial score (nSPS) is 17.2. The molecule has 0 aromatic heterocycles. The van der Waals surface area contributed by atoms with Gasteiger partial charge in [-0.1, -0.05) is 76.3 Å². The maximum Gasteiger partial charge on any atom is 0.244 e. The lowest BCUT2D eigenvalue weighted by molar-refractivity contribution is -0.137. The Kier molecular flexibility index (Phi) is 19.0. The fraction of sp³-hybridized carbons (Fsp3) is 0.667. The second-order valence-electron chi connectivity index (χ2n) is 13.5. The lowest BCUT2D eigenvalue weighted by Gasteiger charge is -2.34. The van der Waals surface area contributed by atoms with E-state index in [0.29, 0.717) is 57.5 Å². The summed E-state index contributed by atoms with van der Waals surface area (Å²) in [5.41, 5.74) is 0.901. The van der Waals surface area contributed by atoms with E-state index in [1.165, 1.54) is 0 Å². The number of likely N-dealkylation sites (N-methyl/N-ethyl adjacent to an activating group) is 2. The second-order valence-corrected chi connectivity index (χ2v) is 13.5. The van der Waals surface area contributed by atoms with Gasteiger partial charge in [-0.2, -0.15) is 0 Å². The molecule has 1 aromatic carbocycles. The predicted octanol–water partition coefficient (Wildman–Crippen LogP) is 3.77. The molecule has 6 atom stereocenters. The van der Waals surface area contributed by atoms with E-state index >= 15 is 0 Å². The highest BCUT2D eigenvalue weighted by Crippen LogP contribution is 2.29. The van der Waals surface area contributed by atoms with Crippen LogP contribution in [0.15, 0.2) is 30.3 Å². The Hall–Kier alpha value is -3.37. The molecule has 1 aliphatic rings. The molecule has 9 nitrogen and oxygen atoms in total. The first kappa shape index (κ1) is 40.8. The molecule has 2 rings (SSSR count). The molecule has 0 heterocycles. The number of rotatable bonds is 21. The molecule has 0 saturated heterocycles. The molecule has 1 fully saturated rings. The van der Waals surface area contributed by atoms with Gasteiger partial charge in [-0.15, -0.1) is 24.7 Å². The Morgan fingerprint density at radius 3 is 2.27 bits per heavy atom. The molecule has 266 valence electrons. The summed E-state index contributed by atoms with van der Waals surface area (Å²) in [6, 6.07) is 7.68. The first-order chi connectivity index (χ1) is 23.0. The molecule has 1 aromatic rings. The molecule has 0 bridgehead atoms. The third-order valence-corrected chi connectivity index (χ3v) is 9.80. The number of benzene rings is 1. The highest BCUT2D eigenvalue weighted by atomic mass is 16.3. The van der Waals surface area contributed by atoms with Crippen LogP contribution in [0.2, 0.25) is 0 Å². The molecular weight excluding hydrogens is 604 g/mol. The maximum atomic E-state index is 14.0. The first-order valence-electron chi connectivity index (χ1n) is 17.9. The van der Waals surface area contributed by atoms with Gasteiger partial charge in [0.1, 0.15) is 6.04 Å². The van der Waals surface area contributed by atoms with Crippen LogP contribution < -0.4 is 10.6 Å². The number of unbranched alkanes of at least 4 members (excludes halogenated alkanes) is 1. The van der Waals surface area contributed by atoms with Crippen molar-refractivity contribution in [2.75, 3.05) is 33.7 Å². The zero-order valence-electron chi connectivity index (χ0n) is 29.7. The van der Waals surface area contributed by atoms with E-state index < -0.39 is 47.9 Å². The summed E-state index contributed by atoms with van der Waals surface area (Å²) in [7, 11) is 3.73. The van der Waals surface area contributed by atoms with E-state index in [-0.39, 0.29) is 12.3 Å². The Bertz CT molecular complexity index is 1190. The minimum atomic E-state index is -1.21. The summed E-state index contributed by atoms with van der Waals surface area (Å²) in [5, 5.41) is 28.1. The minimum absolute atomic E-state index is 0.0267. The van der Waals surface area contributed by atoms with Crippen molar-refractivity contribution in [1.82, 2.24) is 20.4 Å². The van der Waals surface area contributed by atoms with Gasteiger partial charge in [0, 0.05) is 38.9 Å². The van der Waals surface area contributed by atoms with Gasteiger partial charge in [0.05, 0.1) is 24.2 Å². The van der Waals surface area contributed by atoms with E-state index in [1.807, 2.05) is 44.3 Å². The molecular formula is C39H60N4O5. The van der Waals surface area contributed by atoms with Crippen LogP contribution in [0.1, 0.15) is 90.0 Å². The van der Waals surface area contributed by atoms with Crippen LogP contribution in [0.4, 0.5) is 0 Å². The van der Waals surface area contributed by atoms with Crippen molar-refractivity contribution < 1.29 is 24.6 Å². The van der Waals surface area contributed by atoms with E-state index in [4.69, 9.17) is 12.8 Å². The third-order valence-electron chi connectivity index (χ3n) is 9.80. The number of carbonyl (C=O) groups excluding carboxylic acids is 3. The molecule has 3 amide bonds. The zero-order chi connectivity index (χ0) is 35.5. The molecule has 4 N–H and O–H groups in total. The summed E-state index contributed by atoms with van der Waals surface area (Å²) < 4.78 is 0. The van der Waals surface area contributed by atoms with Crippen molar-refractivity contribution >= 4 is 17.7 Å². The van der Waals surface area contributed by atoms with Gasteiger partial charge in [-0.25, -0.2) is 0 Å². The van der Waals surface area contributed by atoms with Crippen molar-refractivity contribution in [3.05, 3.63) is 35.9 Å². The number of carbonyl (C=O) groups is 3. The average molecular weight is 665 g/mol. The second kappa shape index (κ2) is 22.3. The number of aliphatic hydroxyl groups excluding tert-OH is 2. The van der Waals surface area contributed by atoms with E-state index in [0.717, 1.165) is 44.2 Å². The molecule has 9 heteroatoms. The minimum Gasteiger partial charge on any atom is -0.390 e. The molecule has 0 spiro atoms. The van der Waals surface area contributed by atoms with Gasteiger partial charge in [-0.05, 0) is 57.2 Å². The zero-order valence-corrected chi connectivity index (χ0v) is 29.7. The van der Waals surface area contributed by atoms with E-state index in [1.54, 1.807) is 11.9 Å². The molecule has 0 radical (unpaired) electrons. The van der Waals surface area contributed by atoms with Crippen molar-refractivity contribution in [2.45, 2.75) is 115 Å². The van der Waals surface area contributed by atoms with Crippen LogP contribution in [-0.2, 0) is 20.8 Å². The van der Waals surface area contributed by atoms with Crippen LogP contribution >= 0.6 is 0 Å². The van der Waals surface area contributed by atoms with E-state index in [9.17, 15) is 24.6 Å². The van der Waals surface area contributed by atoms with Crippen molar-refractivity contribution in [1.29, 1.82) is 0 Å². The molecule has 1 aliphatic carbocycles. The number of nitrogens with zero attached hydrogens (tertiary/aromatic N) is 2. The number of hydrogen-bond acceptors (Lipinski definition) is 6. The Balaban J connectivity index is 2.30. The van der Waals surface area contributed by atoms with Crippen LogP contribution in [0, 0.1) is 42.4 Å². The topological polar surface area (TPSA) is 122 Å². The smallest absolute Gasteiger partial charge is 0.244 e. The summed E-state index contributed by atoms with van der Waals surface area (Å²) in [5.74, 6) is 3.07. The number of amides is 3. The fourth-order valence-corrected chi connectivity index (χ4v) is 6.39. The van der Waals surface area contributed by atoms with Gasteiger partial charge in [0.25, 0.3) is 0 Å². The number of terminal acetylenes is 2. The Morgan fingerprint density at radius 2 is 1.67 bits per heavy atom. The van der Waals surface area contributed by atoms with Gasteiger partial charge < -0.3 is 30.6 Å². The number of aliphatic hydroxyl groups is 2. The van der Waals surface area contributed by atoms with Crippen molar-refractivity contribution in [3.8, 4) is 24.7 Å². The highest BCUT2D eigenvalue weighted by molar-refractivity contribution is 5.91. The lowest BCUT2D eigenvalue weighted by Crippen LogP contribution is -2.57. The van der Waals surface area contributed by atoms with Gasteiger partial charge in [-0.3, -0.25) is 14.4 Å². The predicted molar refractivity (Wildman–Crippen MR) is 191 cm³/mol. The molecule has 1 saturated carbocycles. The fourth-order valence-electron chi connectivity index (χ4n) is 6.39. The van der Waals surface area contributed by atoms with Crippen LogP contribution in [0.5, 0.6) is 0 Å². The molecule has 6 unspecified atom stereocenters. The summed E-state index contributed by atoms with van der Waals surface area (Å²) in [4.78, 5) is 45.2. The van der Waals surface area contributed by atoms with Crippen molar-refractivity contribution in [3.63, 3.8) is 0 Å². The van der Waals surface area contributed by atoms with Crippen LogP contribution in [0.3, 0.4) is 0 Å². The quantitative estimate of drug-likeness (QED) is 0.117. The average Bonchev–Trinajstić information content (AvgIpc) is 3.10. The summed E-state index contributed by atoms with van der Waals surface area (Å²) >= 11 is 0. The monoisotopic (exact) mass is 664 g/mol. The largest absolute Gasteiger partial charge is 0.390 e. The summed E-state index contributed by atoms with van der Waals surface area (Å²) in [6.45, 7) is 6.01. The summed E-state index contributed by atoms with van der Waals surface area (Å²) in [6.07, 6.45) is 16.9. The molecule has 48 heavy (non-hydrogen) atoms. The SMILES string of the molecule is C#CCCCC(O)C(O)C(CC1CCCCC1)NC(=O)C(NC(=O)C(CC(=O)N(C)CCN(C)CC)Cc1ccccc1)C(C#C)CC. The van der Waals surface area contributed by atoms with Gasteiger partial charge in [0.15, 0.2) is 0 Å².